The van der Waals surface area contributed by atoms with E-state index < -0.39 is 0 Å². The number of nitrogens with one attached hydrogen (secondary N) is 1. The Morgan fingerprint density at radius 3 is 2.33 bits per heavy atom. The maximum atomic E-state index is 13.5. The molecule has 1 aromatic carbocycles. The van der Waals surface area contributed by atoms with Gasteiger partial charge in [0.15, 0.2) is 0 Å². The summed E-state index contributed by atoms with van der Waals surface area (Å²) in [5.74, 6) is 0.0762. The van der Waals surface area contributed by atoms with Crippen molar-refractivity contribution >= 4 is 0 Å². The molecule has 0 fully saturated rings. The van der Waals surface area contributed by atoms with E-state index in [4.69, 9.17) is 4.74 Å². The van der Waals surface area contributed by atoms with Gasteiger partial charge in [-0.25, -0.2) is 4.39 Å². The molecule has 120 valence electrons. The summed E-state index contributed by atoms with van der Waals surface area (Å²) in [7, 11) is 0. The highest BCUT2D eigenvalue weighted by Crippen LogP contribution is 2.22. The minimum Gasteiger partial charge on any atom is -0.376 e. The van der Waals surface area contributed by atoms with E-state index >= 15 is 0 Å². The standard InChI is InChI=1S/C18H30FNO/c1-17(2,3)20-13-15(10-11-21-18(4,5)6)14-8-7-9-16(19)12-14/h7-9,12,15,20H,10-11,13H2,1-6H3. The van der Waals surface area contributed by atoms with Crippen LogP contribution in [0.25, 0.3) is 0 Å². The van der Waals surface area contributed by atoms with Gasteiger partial charge >= 0.3 is 0 Å². The van der Waals surface area contributed by atoms with E-state index in [1.165, 1.54) is 6.07 Å². The molecule has 2 nitrogen and oxygen atoms in total. The van der Waals surface area contributed by atoms with Crippen LogP contribution in [0.1, 0.15) is 59.4 Å². The molecule has 3 heteroatoms. The largest absolute Gasteiger partial charge is 0.376 e. The third-order valence-corrected chi connectivity index (χ3v) is 3.20. The van der Waals surface area contributed by atoms with Crippen molar-refractivity contribution in [2.75, 3.05) is 13.2 Å². The van der Waals surface area contributed by atoms with E-state index in [0.29, 0.717) is 6.61 Å². The fraction of sp³-hybridized carbons (Fsp3) is 0.667. The van der Waals surface area contributed by atoms with Crippen LogP contribution < -0.4 is 5.32 Å². The minimum absolute atomic E-state index is 0.0520. The SMILES string of the molecule is CC(C)(C)NCC(CCOC(C)(C)C)c1cccc(F)c1. The molecule has 1 rings (SSSR count). The topological polar surface area (TPSA) is 21.3 Å². The molecule has 0 aliphatic rings. The van der Waals surface area contributed by atoms with Crippen LogP contribution in [0.2, 0.25) is 0 Å². The van der Waals surface area contributed by atoms with Gasteiger partial charge in [0, 0.05) is 18.7 Å². The number of ether oxygens (including phenoxy) is 1. The Hall–Kier alpha value is -0.930. The summed E-state index contributed by atoms with van der Waals surface area (Å²) in [6, 6.07) is 6.89. The van der Waals surface area contributed by atoms with E-state index in [9.17, 15) is 4.39 Å². The molecule has 1 N–H and O–H groups in total. The first kappa shape index (κ1) is 18.1. The molecular formula is C18H30FNO. The summed E-state index contributed by atoms with van der Waals surface area (Å²) < 4.78 is 19.3. The molecule has 0 spiro atoms. The van der Waals surface area contributed by atoms with Crippen molar-refractivity contribution in [3.8, 4) is 0 Å². The molecule has 0 aliphatic carbocycles. The molecule has 0 saturated carbocycles. The van der Waals surface area contributed by atoms with E-state index in [1.807, 2.05) is 6.07 Å². The Labute approximate surface area is 129 Å². The van der Waals surface area contributed by atoms with Crippen LogP contribution in [0, 0.1) is 5.82 Å². The van der Waals surface area contributed by atoms with Crippen LogP contribution in [-0.2, 0) is 4.74 Å². The van der Waals surface area contributed by atoms with Crippen molar-refractivity contribution in [2.45, 2.75) is 65.0 Å². The fourth-order valence-corrected chi connectivity index (χ4v) is 2.08. The van der Waals surface area contributed by atoms with Crippen molar-refractivity contribution < 1.29 is 9.13 Å². The van der Waals surface area contributed by atoms with Gasteiger partial charge in [-0.2, -0.15) is 0 Å². The Kier molecular flexibility index (Phi) is 6.36. The Balaban J connectivity index is 2.70. The van der Waals surface area contributed by atoms with Gasteiger partial charge in [-0.15, -0.1) is 0 Å². The third-order valence-electron chi connectivity index (χ3n) is 3.20. The maximum Gasteiger partial charge on any atom is 0.123 e. The molecule has 0 heterocycles. The second kappa shape index (κ2) is 7.37. The molecule has 21 heavy (non-hydrogen) atoms. The quantitative estimate of drug-likeness (QED) is 0.834. The van der Waals surface area contributed by atoms with Gasteiger partial charge in [0.25, 0.3) is 0 Å². The zero-order valence-corrected chi connectivity index (χ0v) is 14.3. The van der Waals surface area contributed by atoms with E-state index in [0.717, 1.165) is 18.5 Å². The van der Waals surface area contributed by atoms with Gasteiger partial charge in [0.1, 0.15) is 5.82 Å². The molecule has 0 aromatic heterocycles. The van der Waals surface area contributed by atoms with Crippen LogP contribution in [0.3, 0.4) is 0 Å². The van der Waals surface area contributed by atoms with Crippen LogP contribution in [0.5, 0.6) is 0 Å². The maximum absolute atomic E-state index is 13.5. The minimum atomic E-state index is -0.176. The molecule has 1 atom stereocenters. The average molecular weight is 295 g/mol. The van der Waals surface area contributed by atoms with Gasteiger partial charge in [0.05, 0.1) is 5.60 Å². The number of hydrogen-bond donors (Lipinski definition) is 1. The number of benzene rings is 1. The van der Waals surface area contributed by atoms with Crippen molar-refractivity contribution in [3.63, 3.8) is 0 Å². The lowest BCUT2D eigenvalue weighted by Crippen LogP contribution is -2.39. The van der Waals surface area contributed by atoms with Crippen molar-refractivity contribution in [2.24, 2.45) is 0 Å². The van der Waals surface area contributed by atoms with Crippen molar-refractivity contribution in [1.29, 1.82) is 0 Å². The van der Waals surface area contributed by atoms with Gasteiger partial charge in [-0.3, -0.25) is 0 Å². The zero-order chi connectivity index (χ0) is 16.1. The lowest BCUT2D eigenvalue weighted by atomic mass is 9.94. The van der Waals surface area contributed by atoms with Crippen LogP contribution >= 0.6 is 0 Å². The Morgan fingerprint density at radius 2 is 1.81 bits per heavy atom. The summed E-state index contributed by atoms with van der Waals surface area (Å²) in [4.78, 5) is 0. The van der Waals surface area contributed by atoms with Crippen LogP contribution in [0.4, 0.5) is 4.39 Å². The number of rotatable bonds is 6. The van der Waals surface area contributed by atoms with Gasteiger partial charge in [-0.05, 0) is 71.6 Å². The predicted octanol–water partition coefficient (Wildman–Crippen LogP) is 4.50. The molecule has 0 bridgehead atoms. The van der Waals surface area contributed by atoms with Gasteiger partial charge < -0.3 is 10.1 Å². The first-order chi connectivity index (χ1) is 9.57. The van der Waals surface area contributed by atoms with Crippen LogP contribution in [-0.4, -0.2) is 24.3 Å². The average Bonchev–Trinajstić information content (AvgIpc) is 2.30. The smallest absolute Gasteiger partial charge is 0.123 e. The summed E-state index contributed by atoms with van der Waals surface area (Å²) in [5.41, 5.74) is 0.949. The first-order valence-corrected chi connectivity index (χ1v) is 7.71. The normalized spacial score (nSPS) is 14.2. The fourth-order valence-electron chi connectivity index (χ4n) is 2.08. The second-order valence-electron chi connectivity index (χ2n) is 7.63. The van der Waals surface area contributed by atoms with Crippen LogP contribution in [0.15, 0.2) is 24.3 Å². The molecule has 0 saturated heterocycles. The van der Waals surface area contributed by atoms with E-state index in [2.05, 4.69) is 46.9 Å². The Bertz CT molecular complexity index is 432. The first-order valence-electron chi connectivity index (χ1n) is 7.71. The zero-order valence-electron chi connectivity index (χ0n) is 14.3. The van der Waals surface area contributed by atoms with Gasteiger partial charge in [0.2, 0.25) is 0 Å². The molecule has 1 unspecified atom stereocenters. The van der Waals surface area contributed by atoms with E-state index in [-0.39, 0.29) is 22.9 Å². The molecule has 0 aliphatic heterocycles. The highest BCUT2D eigenvalue weighted by Gasteiger charge is 2.18. The van der Waals surface area contributed by atoms with E-state index in [1.54, 1.807) is 12.1 Å². The van der Waals surface area contributed by atoms with Crippen molar-refractivity contribution in [3.05, 3.63) is 35.6 Å². The molecule has 1 aromatic rings. The van der Waals surface area contributed by atoms with Crippen molar-refractivity contribution in [1.82, 2.24) is 5.32 Å². The molecule has 0 amide bonds. The highest BCUT2D eigenvalue weighted by molar-refractivity contribution is 5.21. The number of halogens is 1. The Morgan fingerprint density at radius 1 is 1.14 bits per heavy atom. The molecule has 0 radical (unpaired) electrons. The lowest BCUT2D eigenvalue weighted by Gasteiger charge is -2.27. The highest BCUT2D eigenvalue weighted by atomic mass is 19.1. The summed E-state index contributed by atoms with van der Waals surface area (Å²) in [6.45, 7) is 14.1. The monoisotopic (exact) mass is 295 g/mol. The van der Waals surface area contributed by atoms with Gasteiger partial charge in [-0.1, -0.05) is 12.1 Å². The summed E-state index contributed by atoms with van der Waals surface area (Å²) in [5, 5.41) is 3.51. The molecular weight excluding hydrogens is 265 g/mol. The lowest BCUT2D eigenvalue weighted by molar-refractivity contribution is -0.00639. The summed E-state index contributed by atoms with van der Waals surface area (Å²) >= 11 is 0. The predicted molar refractivity (Wildman–Crippen MR) is 87.2 cm³/mol. The summed E-state index contributed by atoms with van der Waals surface area (Å²) in [6.07, 6.45) is 0.879. The second-order valence-corrected chi connectivity index (χ2v) is 7.63. The number of hydrogen-bond acceptors (Lipinski definition) is 2. The third kappa shape index (κ3) is 8.18.